The van der Waals surface area contributed by atoms with Gasteiger partial charge in [-0.25, -0.2) is 0 Å². The van der Waals surface area contributed by atoms with Gasteiger partial charge in [-0.2, -0.15) is 0 Å². The first kappa shape index (κ1) is 15.9. The van der Waals surface area contributed by atoms with Gasteiger partial charge < -0.3 is 24.4 Å². The molecule has 0 saturated heterocycles. The molecule has 4 rings (SSSR count). The number of aromatic hydroxyl groups is 1. The fraction of sp³-hybridized carbons (Fsp3) is 0.150. The van der Waals surface area contributed by atoms with Crippen LogP contribution >= 0.6 is 0 Å². The Kier molecular flexibility index (Phi) is 3.70. The summed E-state index contributed by atoms with van der Waals surface area (Å²) in [7, 11) is 3.21. The Bertz CT molecular complexity index is 1090. The number of hydrogen-bond acceptors (Lipinski definition) is 5. The van der Waals surface area contributed by atoms with Crippen molar-refractivity contribution in [2.24, 2.45) is 5.16 Å². The average molecular weight is 348 g/mol. The molecular weight excluding hydrogens is 332 g/mol. The predicted molar refractivity (Wildman–Crippen MR) is 98.9 cm³/mol. The number of aromatic amines is 1. The first-order valence-electron chi connectivity index (χ1n) is 7.93. The van der Waals surface area contributed by atoms with Crippen LogP contribution in [-0.4, -0.2) is 36.6 Å². The molecule has 0 amide bonds. The second-order valence-electron chi connectivity index (χ2n) is 5.74. The maximum absolute atomic E-state index is 9.94. The number of aromatic nitrogens is 1. The summed E-state index contributed by atoms with van der Waals surface area (Å²) in [5, 5.41) is 15.0. The highest BCUT2D eigenvalue weighted by molar-refractivity contribution is 6.31. The van der Waals surface area contributed by atoms with Gasteiger partial charge in [-0.3, -0.25) is 0 Å². The number of phenolic OH excluding ortho intramolecular Hbond substituents is 1. The molecule has 1 aromatic heterocycles. The van der Waals surface area contributed by atoms with E-state index in [1.54, 1.807) is 26.4 Å². The Morgan fingerprint density at radius 3 is 2.50 bits per heavy atom. The molecule has 0 unspecified atom stereocenters. The number of rotatable bonds is 4. The van der Waals surface area contributed by atoms with Gasteiger partial charge in [-0.15, -0.1) is 6.42 Å². The zero-order valence-corrected chi connectivity index (χ0v) is 14.3. The van der Waals surface area contributed by atoms with Crippen molar-refractivity contribution >= 4 is 16.6 Å². The molecule has 6 heteroatoms. The van der Waals surface area contributed by atoms with Gasteiger partial charge in [0.15, 0.2) is 6.61 Å². The maximum atomic E-state index is 9.94. The van der Waals surface area contributed by atoms with Gasteiger partial charge in [-0.1, -0.05) is 11.1 Å². The average Bonchev–Trinajstić information content (AvgIpc) is 3.17. The van der Waals surface area contributed by atoms with Crippen LogP contribution in [-0.2, 0) is 4.84 Å². The third kappa shape index (κ3) is 2.18. The lowest BCUT2D eigenvalue weighted by molar-refractivity contribution is 0.180. The van der Waals surface area contributed by atoms with E-state index in [2.05, 4.69) is 16.1 Å². The van der Waals surface area contributed by atoms with Gasteiger partial charge in [-0.05, 0) is 30.3 Å². The highest BCUT2D eigenvalue weighted by atomic mass is 16.6. The maximum Gasteiger partial charge on any atom is 0.177 e. The molecule has 0 atom stereocenters. The number of benzene rings is 2. The number of methoxy groups -OCH3 is 2. The van der Waals surface area contributed by atoms with E-state index >= 15 is 0 Å². The van der Waals surface area contributed by atoms with E-state index in [0.717, 1.165) is 33.3 Å². The summed E-state index contributed by atoms with van der Waals surface area (Å²) >= 11 is 0. The van der Waals surface area contributed by atoms with Gasteiger partial charge >= 0.3 is 0 Å². The number of oxime groups is 1. The summed E-state index contributed by atoms with van der Waals surface area (Å²) in [5.41, 5.74) is 4.69. The quantitative estimate of drug-likeness (QED) is 0.337. The highest BCUT2D eigenvalue weighted by Gasteiger charge is 2.35. The monoisotopic (exact) mass is 348 g/mol. The van der Waals surface area contributed by atoms with Crippen LogP contribution in [0.2, 0.25) is 0 Å². The molecule has 2 N–H and O–H groups in total. The standard InChI is InChI=1S/C20H16N2O4/c1-4-9-26-22-20-16-12-10-11(23)5-6-13(12)21-19(16)17-14(24-2)7-8-15(25-3)18(17)20/h1,5-8,10,21,23H,9H2,2-3H3. The lowest BCUT2D eigenvalue weighted by atomic mass is 10.0. The molecule has 1 aliphatic carbocycles. The van der Waals surface area contributed by atoms with E-state index in [1.807, 2.05) is 18.2 Å². The summed E-state index contributed by atoms with van der Waals surface area (Å²) in [6.45, 7) is 0.0497. The molecule has 1 heterocycles. The molecule has 0 aliphatic heterocycles. The molecule has 3 aromatic rings. The van der Waals surface area contributed by atoms with E-state index in [-0.39, 0.29) is 12.4 Å². The summed E-state index contributed by atoms with van der Waals surface area (Å²) in [6, 6.07) is 8.79. The SMILES string of the molecule is C#CCON=C1c2c(OC)ccc(OC)c2-c2[nH]c3ccc(O)cc3c21. The van der Waals surface area contributed by atoms with E-state index < -0.39 is 0 Å². The van der Waals surface area contributed by atoms with Crippen LogP contribution in [0.4, 0.5) is 0 Å². The van der Waals surface area contributed by atoms with Crippen molar-refractivity contribution in [3.05, 3.63) is 41.5 Å². The summed E-state index contributed by atoms with van der Waals surface area (Å²) in [4.78, 5) is 8.66. The third-order valence-corrected chi connectivity index (χ3v) is 4.38. The van der Waals surface area contributed by atoms with Crippen LogP contribution < -0.4 is 9.47 Å². The van der Waals surface area contributed by atoms with Gasteiger partial charge in [0.25, 0.3) is 0 Å². The van der Waals surface area contributed by atoms with E-state index in [4.69, 9.17) is 20.7 Å². The van der Waals surface area contributed by atoms with Crippen LogP contribution in [0.1, 0.15) is 11.1 Å². The van der Waals surface area contributed by atoms with E-state index in [9.17, 15) is 5.11 Å². The van der Waals surface area contributed by atoms with Gasteiger partial charge in [0.1, 0.15) is 23.0 Å². The highest BCUT2D eigenvalue weighted by Crippen LogP contribution is 2.49. The van der Waals surface area contributed by atoms with Crippen LogP contribution in [0.3, 0.4) is 0 Å². The third-order valence-electron chi connectivity index (χ3n) is 4.38. The summed E-state index contributed by atoms with van der Waals surface area (Å²) in [5.74, 6) is 3.88. The number of hydrogen-bond donors (Lipinski definition) is 2. The van der Waals surface area contributed by atoms with Crippen molar-refractivity contribution < 1.29 is 19.4 Å². The zero-order valence-electron chi connectivity index (χ0n) is 14.3. The molecule has 6 nitrogen and oxygen atoms in total. The predicted octanol–water partition coefficient (Wildman–Crippen LogP) is 3.27. The number of phenols is 1. The molecule has 0 spiro atoms. The van der Waals surface area contributed by atoms with Crippen LogP contribution in [0.5, 0.6) is 17.2 Å². The minimum absolute atomic E-state index is 0.0497. The second-order valence-corrected chi connectivity index (χ2v) is 5.74. The van der Waals surface area contributed by atoms with Crippen molar-refractivity contribution in [1.82, 2.24) is 4.98 Å². The number of terminal acetylenes is 1. The molecule has 130 valence electrons. The second kappa shape index (κ2) is 6.05. The molecule has 0 saturated carbocycles. The molecule has 26 heavy (non-hydrogen) atoms. The van der Waals surface area contributed by atoms with Crippen molar-refractivity contribution in [3.8, 4) is 40.8 Å². The number of nitrogens with one attached hydrogen (secondary N) is 1. The zero-order chi connectivity index (χ0) is 18.3. The van der Waals surface area contributed by atoms with Gasteiger partial charge in [0.05, 0.1) is 31.0 Å². The fourth-order valence-corrected chi connectivity index (χ4v) is 3.35. The molecule has 0 fully saturated rings. The Morgan fingerprint density at radius 2 is 1.81 bits per heavy atom. The number of fused-ring (bicyclic) bond motifs is 5. The Morgan fingerprint density at radius 1 is 1.08 bits per heavy atom. The lowest BCUT2D eigenvalue weighted by Gasteiger charge is -2.12. The number of H-pyrrole nitrogens is 1. The van der Waals surface area contributed by atoms with Crippen LogP contribution in [0, 0.1) is 12.3 Å². The van der Waals surface area contributed by atoms with Crippen molar-refractivity contribution in [3.63, 3.8) is 0 Å². The molecule has 2 aromatic carbocycles. The van der Waals surface area contributed by atoms with Gasteiger partial charge in [0.2, 0.25) is 0 Å². The molecule has 1 aliphatic rings. The molecular formula is C20H16N2O4. The number of nitrogens with zero attached hydrogens (tertiary/aromatic N) is 1. The minimum Gasteiger partial charge on any atom is -0.508 e. The first-order chi connectivity index (χ1) is 12.7. The topological polar surface area (TPSA) is 76.1 Å². The fourth-order valence-electron chi connectivity index (χ4n) is 3.35. The van der Waals surface area contributed by atoms with Crippen molar-refractivity contribution in [2.75, 3.05) is 20.8 Å². The van der Waals surface area contributed by atoms with Crippen molar-refractivity contribution in [2.45, 2.75) is 0 Å². The largest absolute Gasteiger partial charge is 0.508 e. The summed E-state index contributed by atoms with van der Waals surface area (Å²) in [6.07, 6.45) is 5.27. The van der Waals surface area contributed by atoms with Crippen LogP contribution in [0.15, 0.2) is 35.5 Å². The van der Waals surface area contributed by atoms with Crippen LogP contribution in [0.25, 0.3) is 22.2 Å². The van der Waals surface area contributed by atoms with Gasteiger partial charge in [0, 0.05) is 16.5 Å². The minimum atomic E-state index is 0.0497. The Labute approximate surface area is 150 Å². The lowest BCUT2D eigenvalue weighted by Crippen LogP contribution is -2.03. The normalized spacial score (nSPS) is 13.3. The van der Waals surface area contributed by atoms with E-state index in [1.165, 1.54) is 0 Å². The van der Waals surface area contributed by atoms with E-state index in [0.29, 0.717) is 17.2 Å². The Hall–Kier alpha value is -3.59. The molecule has 0 radical (unpaired) electrons. The first-order valence-corrected chi connectivity index (χ1v) is 7.93. The molecule has 0 bridgehead atoms. The summed E-state index contributed by atoms with van der Waals surface area (Å²) < 4.78 is 11.1. The smallest absolute Gasteiger partial charge is 0.177 e. The Balaban J connectivity index is 2.08. The van der Waals surface area contributed by atoms with Crippen molar-refractivity contribution in [1.29, 1.82) is 0 Å². The number of ether oxygens (including phenoxy) is 2.